The fourth-order valence-corrected chi connectivity index (χ4v) is 2.31. The highest BCUT2D eigenvalue weighted by atomic mass is 16.5. The predicted octanol–water partition coefficient (Wildman–Crippen LogP) is 3.01. The molecule has 0 radical (unpaired) electrons. The van der Waals surface area contributed by atoms with Gasteiger partial charge in [0.2, 0.25) is 0 Å². The molecular weight excluding hydrogens is 262 g/mol. The van der Waals surface area contributed by atoms with E-state index >= 15 is 0 Å². The van der Waals surface area contributed by atoms with Gasteiger partial charge in [-0.15, -0.1) is 0 Å². The fourth-order valence-electron chi connectivity index (χ4n) is 2.31. The molecule has 0 saturated carbocycles. The van der Waals surface area contributed by atoms with Crippen molar-refractivity contribution in [2.45, 2.75) is 13.5 Å². The molecule has 0 aromatic heterocycles. The van der Waals surface area contributed by atoms with Crippen LogP contribution in [0.3, 0.4) is 0 Å². The summed E-state index contributed by atoms with van der Waals surface area (Å²) < 4.78 is 5.24. The standard InChI is InChI=1S/C17H21N3O/c1-3-20(14-7-5-4-6-8-14)12-13-9-10-16(21-2)15(11-13)17(18)19/h4-11H,3,12H2,1-2H3,(H3,18,19). The van der Waals surface area contributed by atoms with Gasteiger partial charge in [-0.25, -0.2) is 0 Å². The summed E-state index contributed by atoms with van der Waals surface area (Å²) in [6, 6.07) is 16.1. The van der Waals surface area contributed by atoms with E-state index in [1.807, 2.05) is 36.4 Å². The Morgan fingerprint density at radius 1 is 1.19 bits per heavy atom. The van der Waals surface area contributed by atoms with E-state index in [1.54, 1.807) is 7.11 Å². The molecule has 0 aliphatic rings. The minimum atomic E-state index is 0.0245. The molecule has 4 nitrogen and oxygen atoms in total. The molecule has 4 heteroatoms. The van der Waals surface area contributed by atoms with Gasteiger partial charge in [0.25, 0.3) is 0 Å². The van der Waals surface area contributed by atoms with E-state index in [2.05, 4.69) is 24.0 Å². The fraction of sp³-hybridized carbons (Fsp3) is 0.235. The highest BCUT2D eigenvalue weighted by Crippen LogP contribution is 2.22. The largest absolute Gasteiger partial charge is 0.496 e. The van der Waals surface area contributed by atoms with Crippen molar-refractivity contribution in [3.63, 3.8) is 0 Å². The first kappa shape index (κ1) is 14.9. The molecule has 0 spiro atoms. The average molecular weight is 283 g/mol. The topological polar surface area (TPSA) is 62.3 Å². The number of benzene rings is 2. The third-order valence-electron chi connectivity index (χ3n) is 3.43. The van der Waals surface area contributed by atoms with Gasteiger partial charge in [0.05, 0.1) is 12.7 Å². The first-order chi connectivity index (χ1) is 10.2. The minimum absolute atomic E-state index is 0.0245. The highest BCUT2D eigenvalue weighted by Gasteiger charge is 2.10. The van der Waals surface area contributed by atoms with Gasteiger partial charge in [0.1, 0.15) is 11.6 Å². The van der Waals surface area contributed by atoms with Crippen molar-refractivity contribution in [2.75, 3.05) is 18.6 Å². The summed E-state index contributed by atoms with van der Waals surface area (Å²) in [4.78, 5) is 2.27. The average Bonchev–Trinajstić information content (AvgIpc) is 2.53. The van der Waals surface area contributed by atoms with Crippen molar-refractivity contribution >= 4 is 11.5 Å². The third kappa shape index (κ3) is 3.54. The summed E-state index contributed by atoms with van der Waals surface area (Å²) in [5.41, 5.74) is 8.55. The molecule has 2 aromatic rings. The molecule has 0 saturated heterocycles. The summed E-state index contributed by atoms with van der Waals surface area (Å²) in [5.74, 6) is 0.658. The van der Waals surface area contributed by atoms with Crippen LogP contribution in [0.4, 0.5) is 5.69 Å². The second kappa shape index (κ2) is 6.79. The van der Waals surface area contributed by atoms with Gasteiger partial charge in [-0.1, -0.05) is 24.3 Å². The van der Waals surface area contributed by atoms with Gasteiger partial charge in [-0.2, -0.15) is 0 Å². The van der Waals surface area contributed by atoms with Crippen molar-refractivity contribution in [1.29, 1.82) is 5.41 Å². The maximum absolute atomic E-state index is 7.65. The molecule has 0 aliphatic carbocycles. The van der Waals surface area contributed by atoms with Crippen molar-refractivity contribution in [3.8, 4) is 5.75 Å². The first-order valence-corrected chi connectivity index (χ1v) is 6.97. The molecule has 0 heterocycles. The Hall–Kier alpha value is -2.49. The van der Waals surface area contributed by atoms with Crippen molar-refractivity contribution < 1.29 is 4.74 Å². The number of ether oxygens (including phenoxy) is 1. The Labute approximate surface area is 125 Å². The molecule has 2 rings (SSSR count). The van der Waals surface area contributed by atoms with Crippen molar-refractivity contribution in [1.82, 2.24) is 0 Å². The Balaban J connectivity index is 2.26. The minimum Gasteiger partial charge on any atom is -0.496 e. The zero-order valence-corrected chi connectivity index (χ0v) is 12.5. The molecular formula is C17H21N3O. The number of methoxy groups -OCH3 is 1. The Morgan fingerprint density at radius 3 is 2.48 bits per heavy atom. The molecule has 0 bridgehead atoms. The van der Waals surface area contributed by atoms with E-state index < -0.39 is 0 Å². The van der Waals surface area contributed by atoms with Gasteiger partial charge in [-0.3, -0.25) is 5.41 Å². The monoisotopic (exact) mass is 283 g/mol. The predicted molar refractivity (Wildman–Crippen MR) is 87.2 cm³/mol. The lowest BCUT2D eigenvalue weighted by atomic mass is 10.1. The molecule has 0 amide bonds. The molecule has 2 aromatic carbocycles. The number of amidine groups is 1. The highest BCUT2D eigenvalue weighted by molar-refractivity contribution is 5.97. The van der Waals surface area contributed by atoms with Crippen LogP contribution in [-0.2, 0) is 6.54 Å². The molecule has 0 atom stereocenters. The number of nitrogens with zero attached hydrogens (tertiary/aromatic N) is 1. The summed E-state index contributed by atoms with van der Waals surface area (Å²) in [5, 5.41) is 7.65. The van der Waals surface area contributed by atoms with Crippen LogP contribution in [0.5, 0.6) is 5.75 Å². The van der Waals surface area contributed by atoms with Crippen LogP contribution >= 0.6 is 0 Å². The summed E-state index contributed by atoms with van der Waals surface area (Å²) in [6.07, 6.45) is 0. The summed E-state index contributed by atoms with van der Waals surface area (Å²) >= 11 is 0. The van der Waals surface area contributed by atoms with Crippen LogP contribution in [0.25, 0.3) is 0 Å². The lowest BCUT2D eigenvalue weighted by Crippen LogP contribution is -2.22. The van der Waals surface area contributed by atoms with E-state index in [0.717, 1.165) is 18.7 Å². The van der Waals surface area contributed by atoms with E-state index in [1.165, 1.54) is 5.69 Å². The molecule has 21 heavy (non-hydrogen) atoms. The van der Waals surface area contributed by atoms with E-state index in [4.69, 9.17) is 15.9 Å². The summed E-state index contributed by atoms with van der Waals surface area (Å²) in [7, 11) is 1.59. The second-order valence-corrected chi connectivity index (χ2v) is 4.80. The maximum atomic E-state index is 7.65. The molecule has 110 valence electrons. The lowest BCUT2D eigenvalue weighted by molar-refractivity contribution is 0.413. The lowest BCUT2D eigenvalue weighted by Gasteiger charge is -2.23. The van der Waals surface area contributed by atoms with E-state index in [9.17, 15) is 0 Å². The van der Waals surface area contributed by atoms with Crippen molar-refractivity contribution in [3.05, 3.63) is 59.7 Å². The molecule has 0 fully saturated rings. The van der Waals surface area contributed by atoms with Crippen molar-refractivity contribution in [2.24, 2.45) is 5.73 Å². The van der Waals surface area contributed by atoms with Crippen LogP contribution in [0.15, 0.2) is 48.5 Å². The maximum Gasteiger partial charge on any atom is 0.129 e. The zero-order valence-electron chi connectivity index (χ0n) is 12.5. The molecule has 3 N–H and O–H groups in total. The van der Waals surface area contributed by atoms with Gasteiger partial charge < -0.3 is 15.4 Å². The SMILES string of the molecule is CCN(Cc1ccc(OC)c(C(=N)N)c1)c1ccccc1. The van der Waals surface area contributed by atoms with E-state index in [0.29, 0.717) is 11.3 Å². The number of nitrogens with one attached hydrogen (secondary N) is 1. The number of hydrogen-bond donors (Lipinski definition) is 2. The van der Waals surface area contributed by atoms with Crippen LogP contribution in [-0.4, -0.2) is 19.5 Å². The number of nitrogen functional groups attached to an aromatic ring is 1. The first-order valence-electron chi connectivity index (χ1n) is 6.97. The Morgan fingerprint density at radius 2 is 1.90 bits per heavy atom. The van der Waals surface area contributed by atoms with Gasteiger partial charge in [0, 0.05) is 18.8 Å². The van der Waals surface area contributed by atoms with Crippen LogP contribution in [0.2, 0.25) is 0 Å². The summed E-state index contributed by atoms with van der Waals surface area (Å²) in [6.45, 7) is 3.80. The van der Waals surface area contributed by atoms with Gasteiger partial charge in [0.15, 0.2) is 0 Å². The van der Waals surface area contributed by atoms with Crippen LogP contribution in [0.1, 0.15) is 18.1 Å². The molecule has 0 aliphatic heterocycles. The number of rotatable bonds is 6. The van der Waals surface area contributed by atoms with Gasteiger partial charge in [-0.05, 0) is 36.8 Å². The number of hydrogen-bond acceptors (Lipinski definition) is 3. The zero-order chi connectivity index (χ0) is 15.2. The number of anilines is 1. The quantitative estimate of drug-likeness (QED) is 0.633. The smallest absolute Gasteiger partial charge is 0.129 e. The number of nitrogens with two attached hydrogens (primary N) is 1. The van der Waals surface area contributed by atoms with E-state index in [-0.39, 0.29) is 5.84 Å². The third-order valence-corrected chi connectivity index (χ3v) is 3.43. The van der Waals surface area contributed by atoms with Crippen LogP contribution in [0, 0.1) is 5.41 Å². The second-order valence-electron chi connectivity index (χ2n) is 4.80. The van der Waals surface area contributed by atoms with Crippen LogP contribution < -0.4 is 15.4 Å². The Kier molecular flexibility index (Phi) is 4.82. The number of para-hydroxylation sites is 1. The van der Waals surface area contributed by atoms with Gasteiger partial charge >= 0.3 is 0 Å². The molecule has 0 unspecified atom stereocenters. The Bertz CT molecular complexity index is 611. The normalized spacial score (nSPS) is 10.2.